The number of phenols is 2. The Morgan fingerprint density at radius 1 is 0.650 bits per heavy atom. The van der Waals surface area contributed by atoms with E-state index in [2.05, 4.69) is 0 Å². The molecule has 0 bridgehead atoms. The third-order valence-electron chi connectivity index (χ3n) is 3.03. The van der Waals surface area contributed by atoms with E-state index < -0.39 is 11.6 Å². The maximum atomic E-state index is 12.2. The quantitative estimate of drug-likeness (QED) is 0.577. The van der Waals surface area contributed by atoms with Gasteiger partial charge >= 0.3 is 37.7 Å². The van der Waals surface area contributed by atoms with E-state index in [4.69, 9.17) is 0 Å². The second-order valence-electron chi connectivity index (χ2n) is 4.06. The molecule has 0 radical (unpaired) electrons. The van der Waals surface area contributed by atoms with E-state index in [9.17, 15) is 19.8 Å². The van der Waals surface area contributed by atoms with Crippen molar-refractivity contribution in [1.82, 2.24) is 0 Å². The summed E-state index contributed by atoms with van der Waals surface area (Å²) in [4.78, 5) is 24.4. The van der Waals surface area contributed by atoms with E-state index >= 15 is 0 Å². The summed E-state index contributed by atoms with van der Waals surface area (Å²) < 4.78 is 0. The van der Waals surface area contributed by atoms with Crippen LogP contribution in [0.4, 0.5) is 0 Å². The Kier molecular flexibility index (Phi) is 4.92. The third kappa shape index (κ3) is 2.22. The van der Waals surface area contributed by atoms with Crippen LogP contribution < -0.4 is 0 Å². The number of ketones is 2. The summed E-state index contributed by atoms with van der Waals surface area (Å²) >= 11 is 0. The summed E-state index contributed by atoms with van der Waals surface area (Å²) in [5, 5.41) is 19.4. The molecule has 0 unspecified atom stereocenters. The fraction of sp³-hybridized carbons (Fsp3) is 0. The summed E-state index contributed by atoms with van der Waals surface area (Å²) in [6.07, 6.45) is 0. The molecular formula is C14H10Li2O4. The van der Waals surface area contributed by atoms with E-state index in [0.717, 1.165) is 0 Å². The van der Waals surface area contributed by atoms with Crippen molar-refractivity contribution in [3.8, 4) is 11.5 Å². The van der Waals surface area contributed by atoms with Gasteiger partial charge in [0, 0.05) is 11.1 Å². The number of rotatable bonds is 0. The summed E-state index contributed by atoms with van der Waals surface area (Å²) in [5.74, 6) is -1.35. The number of carbonyl (C=O) groups is 2. The molecular weight excluding hydrogens is 246 g/mol. The molecule has 0 amide bonds. The monoisotopic (exact) mass is 256 g/mol. The Morgan fingerprint density at radius 2 is 1.00 bits per heavy atom. The van der Waals surface area contributed by atoms with Crippen molar-refractivity contribution in [3.05, 3.63) is 58.7 Å². The van der Waals surface area contributed by atoms with E-state index in [1.165, 1.54) is 36.4 Å². The van der Waals surface area contributed by atoms with Crippen LogP contribution in [0.15, 0.2) is 36.4 Å². The molecule has 2 N–H and O–H groups in total. The first-order chi connectivity index (χ1) is 8.61. The van der Waals surface area contributed by atoms with E-state index in [1.807, 2.05) is 0 Å². The predicted molar refractivity (Wildman–Crippen MR) is 77.4 cm³/mol. The second kappa shape index (κ2) is 5.91. The normalized spacial score (nSPS) is 11.8. The zero-order valence-corrected chi connectivity index (χ0v) is 9.18. The van der Waals surface area contributed by atoms with Gasteiger partial charge in [0.05, 0.1) is 11.1 Å². The number of hydrogen-bond acceptors (Lipinski definition) is 4. The van der Waals surface area contributed by atoms with E-state index in [1.54, 1.807) is 0 Å². The SMILES string of the molecule is O=C1c2cccc(O)c2C(=O)c2cccc(O)c21.[LiH].[LiH]. The number of carbonyl (C=O) groups excluding carboxylic acids is 2. The molecule has 3 rings (SSSR count). The van der Waals surface area contributed by atoms with Crippen LogP contribution in [-0.2, 0) is 0 Å². The van der Waals surface area contributed by atoms with Gasteiger partial charge in [-0.2, -0.15) is 0 Å². The van der Waals surface area contributed by atoms with E-state index in [0.29, 0.717) is 0 Å². The fourth-order valence-corrected chi connectivity index (χ4v) is 2.21. The van der Waals surface area contributed by atoms with E-state index in [-0.39, 0.29) is 71.5 Å². The van der Waals surface area contributed by atoms with Gasteiger partial charge in [-0.05, 0) is 12.1 Å². The van der Waals surface area contributed by atoms with Crippen molar-refractivity contribution in [1.29, 1.82) is 0 Å². The van der Waals surface area contributed by atoms with Gasteiger partial charge in [0.1, 0.15) is 11.5 Å². The number of benzene rings is 2. The number of phenolic OH excluding ortho intramolecular Hbond substituents is 2. The molecule has 0 aromatic heterocycles. The average Bonchev–Trinajstić information content (AvgIpc) is 2.35. The number of fused-ring (bicyclic) bond motifs is 2. The molecule has 1 aliphatic carbocycles. The van der Waals surface area contributed by atoms with Gasteiger partial charge in [-0.15, -0.1) is 0 Å². The molecule has 1 aliphatic rings. The van der Waals surface area contributed by atoms with Crippen molar-refractivity contribution in [3.63, 3.8) is 0 Å². The first kappa shape index (κ1) is 16.6. The Hall–Kier alpha value is -1.43. The van der Waals surface area contributed by atoms with Crippen LogP contribution in [-0.4, -0.2) is 59.5 Å². The Labute approximate surface area is 139 Å². The van der Waals surface area contributed by atoms with Crippen molar-refractivity contribution in [2.45, 2.75) is 0 Å². The molecule has 0 aliphatic heterocycles. The molecule has 0 fully saturated rings. The summed E-state index contributed by atoms with van der Waals surface area (Å²) in [7, 11) is 0. The minimum absolute atomic E-state index is 0. The number of hydrogen-bond donors (Lipinski definition) is 2. The Balaban J connectivity index is 0.000001000. The molecule has 20 heavy (non-hydrogen) atoms. The van der Waals surface area contributed by atoms with Crippen molar-refractivity contribution in [2.75, 3.05) is 0 Å². The minimum atomic E-state index is -0.450. The van der Waals surface area contributed by atoms with Crippen molar-refractivity contribution < 1.29 is 19.8 Å². The topological polar surface area (TPSA) is 74.6 Å². The molecule has 0 heterocycles. The zero-order valence-electron chi connectivity index (χ0n) is 9.18. The molecule has 0 atom stereocenters. The molecule has 4 nitrogen and oxygen atoms in total. The maximum absolute atomic E-state index is 12.2. The second-order valence-corrected chi connectivity index (χ2v) is 4.06. The summed E-state index contributed by atoms with van der Waals surface area (Å²) in [5.41, 5.74) is 0.240. The van der Waals surface area contributed by atoms with Gasteiger partial charge in [-0.3, -0.25) is 9.59 Å². The van der Waals surface area contributed by atoms with Crippen molar-refractivity contribution >= 4 is 49.3 Å². The molecule has 0 spiro atoms. The molecule has 92 valence electrons. The average molecular weight is 256 g/mol. The summed E-state index contributed by atoms with van der Waals surface area (Å²) in [6, 6.07) is 8.62. The van der Waals surface area contributed by atoms with Gasteiger partial charge < -0.3 is 10.2 Å². The van der Waals surface area contributed by atoms with Gasteiger partial charge in [0.25, 0.3) is 0 Å². The Morgan fingerprint density at radius 3 is 1.35 bits per heavy atom. The zero-order chi connectivity index (χ0) is 12.9. The third-order valence-corrected chi connectivity index (χ3v) is 3.03. The molecule has 2 aromatic rings. The van der Waals surface area contributed by atoms with Crippen LogP contribution in [0.25, 0.3) is 0 Å². The van der Waals surface area contributed by atoms with Gasteiger partial charge in [0.15, 0.2) is 11.6 Å². The van der Waals surface area contributed by atoms with Crippen LogP contribution in [0.5, 0.6) is 11.5 Å². The molecule has 0 saturated carbocycles. The van der Waals surface area contributed by atoms with Crippen LogP contribution in [0.1, 0.15) is 31.8 Å². The standard InChI is InChI=1S/C14H8O4.2Li.2H/c15-9-5-1-3-7-11(9)14(18)8-4-2-6-10(16)12(8)13(7)17;;;;/h1-6,15-16H;;;;. The van der Waals surface area contributed by atoms with Crippen LogP contribution >= 0.6 is 0 Å². The van der Waals surface area contributed by atoms with Gasteiger partial charge in [-0.25, -0.2) is 0 Å². The van der Waals surface area contributed by atoms with Crippen molar-refractivity contribution in [2.24, 2.45) is 0 Å². The van der Waals surface area contributed by atoms with Crippen LogP contribution in [0.2, 0.25) is 0 Å². The predicted octanol–water partition coefficient (Wildman–Crippen LogP) is 0.576. The van der Waals surface area contributed by atoms with Crippen LogP contribution in [0, 0.1) is 0 Å². The molecule has 6 heteroatoms. The first-order valence-electron chi connectivity index (χ1n) is 5.34. The fourth-order valence-electron chi connectivity index (χ4n) is 2.21. The van der Waals surface area contributed by atoms with Gasteiger partial charge in [0.2, 0.25) is 0 Å². The first-order valence-corrected chi connectivity index (χ1v) is 5.34. The number of aromatic hydroxyl groups is 2. The van der Waals surface area contributed by atoms with Crippen LogP contribution in [0.3, 0.4) is 0 Å². The Bertz CT molecular complexity index is 649. The summed E-state index contributed by atoms with van der Waals surface area (Å²) in [6.45, 7) is 0. The molecule has 2 aromatic carbocycles. The van der Waals surface area contributed by atoms with Gasteiger partial charge in [-0.1, -0.05) is 24.3 Å². The molecule has 0 saturated heterocycles.